The summed E-state index contributed by atoms with van der Waals surface area (Å²) in [6.07, 6.45) is 0. The zero-order valence-corrected chi connectivity index (χ0v) is 11.8. The number of imidazole rings is 1. The van der Waals surface area contributed by atoms with Gasteiger partial charge in [0.25, 0.3) is 0 Å². The van der Waals surface area contributed by atoms with Crippen molar-refractivity contribution in [2.75, 3.05) is 5.73 Å². The Morgan fingerprint density at radius 1 is 1.26 bits per heavy atom. The highest BCUT2D eigenvalue weighted by molar-refractivity contribution is 9.10. The minimum absolute atomic E-state index is 0.317. The number of benzene rings is 2. The number of nitrogens with two attached hydrogens (primary N) is 1. The van der Waals surface area contributed by atoms with Gasteiger partial charge >= 0.3 is 0 Å². The molecule has 0 amide bonds. The van der Waals surface area contributed by atoms with E-state index < -0.39 is 0 Å². The molecule has 0 unspecified atom stereocenters. The molecule has 2 N–H and O–H groups in total. The molecule has 1 heterocycles. The van der Waals surface area contributed by atoms with E-state index in [1.165, 1.54) is 12.1 Å². The molecule has 3 rings (SSSR count). The molecule has 0 aliphatic rings. The fraction of sp³-hybridized carbons (Fsp3) is 0.0714. The first-order valence-electron chi connectivity index (χ1n) is 5.77. The quantitative estimate of drug-likeness (QED) is 0.741. The summed E-state index contributed by atoms with van der Waals surface area (Å²) in [5.74, 6) is 0.0323. The summed E-state index contributed by atoms with van der Waals surface area (Å²) in [4.78, 5) is 4.21. The van der Waals surface area contributed by atoms with E-state index >= 15 is 0 Å². The normalized spacial score (nSPS) is 11.1. The lowest BCUT2D eigenvalue weighted by Crippen LogP contribution is -2.02. The number of anilines is 1. The average Bonchev–Trinajstić information content (AvgIpc) is 2.68. The molecule has 0 aliphatic carbocycles. The van der Waals surface area contributed by atoms with Gasteiger partial charge in [-0.3, -0.25) is 4.57 Å². The summed E-state index contributed by atoms with van der Waals surface area (Å²) >= 11 is 3.50. The van der Waals surface area contributed by atoms with Crippen LogP contribution in [0.2, 0.25) is 0 Å². The Morgan fingerprint density at radius 3 is 2.84 bits per heavy atom. The first-order valence-corrected chi connectivity index (χ1v) is 6.56. The van der Waals surface area contributed by atoms with E-state index in [0.29, 0.717) is 11.5 Å². The van der Waals surface area contributed by atoms with Gasteiger partial charge in [0.05, 0.1) is 16.7 Å². The number of aromatic nitrogens is 2. The zero-order chi connectivity index (χ0) is 13.6. The second-order valence-corrected chi connectivity index (χ2v) is 5.18. The molecule has 0 fully saturated rings. The average molecular weight is 320 g/mol. The first kappa shape index (κ1) is 12.2. The van der Waals surface area contributed by atoms with Crippen LogP contribution in [-0.4, -0.2) is 9.55 Å². The fourth-order valence-electron chi connectivity index (χ4n) is 2.16. The number of hydrogen-bond donors (Lipinski definition) is 1. The van der Waals surface area contributed by atoms with Crippen LogP contribution in [0, 0.1) is 12.7 Å². The summed E-state index contributed by atoms with van der Waals surface area (Å²) in [6.45, 7) is 1.99. The van der Waals surface area contributed by atoms with Gasteiger partial charge < -0.3 is 5.73 Å². The van der Waals surface area contributed by atoms with Crippen molar-refractivity contribution >= 4 is 32.9 Å². The largest absolute Gasteiger partial charge is 0.369 e. The van der Waals surface area contributed by atoms with Gasteiger partial charge in [0.1, 0.15) is 5.82 Å². The Labute approximate surface area is 118 Å². The van der Waals surface area contributed by atoms with Crippen molar-refractivity contribution in [2.24, 2.45) is 0 Å². The second-order valence-electron chi connectivity index (χ2n) is 4.32. The molecule has 0 atom stereocenters. The van der Waals surface area contributed by atoms with Crippen LogP contribution in [0.5, 0.6) is 0 Å². The molecule has 2 aromatic carbocycles. The van der Waals surface area contributed by atoms with Gasteiger partial charge in [0.15, 0.2) is 0 Å². The number of fused-ring (bicyclic) bond motifs is 1. The van der Waals surface area contributed by atoms with Crippen molar-refractivity contribution in [3.63, 3.8) is 0 Å². The number of halogens is 2. The number of rotatable bonds is 1. The molecule has 5 heteroatoms. The first-order chi connectivity index (χ1) is 9.08. The van der Waals surface area contributed by atoms with Crippen LogP contribution in [0.25, 0.3) is 16.7 Å². The van der Waals surface area contributed by atoms with Gasteiger partial charge in [-0.05, 0) is 36.8 Å². The lowest BCUT2D eigenvalue weighted by atomic mass is 10.2. The Bertz CT molecular complexity index is 780. The van der Waals surface area contributed by atoms with Crippen molar-refractivity contribution < 1.29 is 4.39 Å². The number of hydrogen-bond acceptors (Lipinski definition) is 2. The highest BCUT2D eigenvalue weighted by atomic mass is 79.9. The molecular weight excluding hydrogens is 309 g/mol. The van der Waals surface area contributed by atoms with Crippen LogP contribution in [0.1, 0.15) is 5.56 Å². The molecule has 3 nitrogen and oxygen atoms in total. The Morgan fingerprint density at radius 2 is 2.05 bits per heavy atom. The fourth-order valence-corrected chi connectivity index (χ4v) is 2.52. The van der Waals surface area contributed by atoms with Crippen LogP contribution in [-0.2, 0) is 0 Å². The van der Waals surface area contributed by atoms with E-state index in [1.54, 1.807) is 6.07 Å². The van der Waals surface area contributed by atoms with E-state index in [-0.39, 0.29) is 5.82 Å². The number of nitrogens with zero attached hydrogens (tertiary/aromatic N) is 2. The lowest BCUT2D eigenvalue weighted by molar-refractivity contribution is 0.629. The van der Waals surface area contributed by atoms with Crippen molar-refractivity contribution in [3.05, 3.63) is 52.3 Å². The summed E-state index contributed by atoms with van der Waals surface area (Å²) in [6, 6.07) is 10.3. The monoisotopic (exact) mass is 319 g/mol. The van der Waals surface area contributed by atoms with E-state index in [0.717, 1.165) is 21.2 Å². The van der Waals surface area contributed by atoms with Gasteiger partial charge in [-0.15, -0.1) is 0 Å². The lowest BCUT2D eigenvalue weighted by Gasteiger charge is -2.11. The van der Waals surface area contributed by atoms with Crippen molar-refractivity contribution in [2.45, 2.75) is 6.92 Å². The van der Waals surface area contributed by atoms with Gasteiger partial charge in [-0.1, -0.05) is 22.0 Å². The Kier molecular flexibility index (Phi) is 2.78. The van der Waals surface area contributed by atoms with E-state index in [2.05, 4.69) is 20.9 Å². The summed E-state index contributed by atoms with van der Waals surface area (Å²) in [7, 11) is 0. The summed E-state index contributed by atoms with van der Waals surface area (Å²) < 4.78 is 16.0. The minimum Gasteiger partial charge on any atom is -0.369 e. The smallest absolute Gasteiger partial charge is 0.205 e. The molecule has 19 heavy (non-hydrogen) atoms. The third kappa shape index (κ3) is 1.90. The van der Waals surface area contributed by atoms with E-state index in [9.17, 15) is 4.39 Å². The van der Waals surface area contributed by atoms with Crippen LogP contribution in [0.15, 0.2) is 40.9 Å². The van der Waals surface area contributed by atoms with E-state index in [4.69, 9.17) is 5.73 Å². The third-order valence-corrected chi connectivity index (χ3v) is 3.98. The van der Waals surface area contributed by atoms with Crippen molar-refractivity contribution in [1.82, 2.24) is 9.55 Å². The third-order valence-electron chi connectivity index (χ3n) is 3.12. The molecule has 3 aromatic rings. The predicted octanol–water partition coefficient (Wildman–Crippen LogP) is 3.82. The SMILES string of the molecule is Cc1c(Br)cccc1-n1c(N)nc2cc(F)ccc21. The maximum Gasteiger partial charge on any atom is 0.205 e. The van der Waals surface area contributed by atoms with Gasteiger partial charge in [0.2, 0.25) is 5.95 Å². The van der Waals surface area contributed by atoms with Crippen LogP contribution in [0.4, 0.5) is 10.3 Å². The zero-order valence-electron chi connectivity index (χ0n) is 10.2. The van der Waals surface area contributed by atoms with Gasteiger partial charge in [-0.2, -0.15) is 0 Å². The molecule has 0 radical (unpaired) electrons. The molecule has 0 saturated heterocycles. The van der Waals surface area contributed by atoms with Crippen LogP contribution in [0.3, 0.4) is 0 Å². The predicted molar refractivity (Wildman–Crippen MR) is 77.9 cm³/mol. The number of nitrogen functional groups attached to an aromatic ring is 1. The van der Waals surface area contributed by atoms with Crippen LogP contribution >= 0.6 is 15.9 Å². The molecule has 0 aliphatic heterocycles. The van der Waals surface area contributed by atoms with Gasteiger partial charge in [0, 0.05) is 10.5 Å². The highest BCUT2D eigenvalue weighted by Crippen LogP contribution is 2.28. The van der Waals surface area contributed by atoms with Crippen molar-refractivity contribution in [3.8, 4) is 5.69 Å². The summed E-state index contributed by atoms with van der Waals surface area (Å²) in [5, 5.41) is 0. The highest BCUT2D eigenvalue weighted by Gasteiger charge is 2.13. The second kappa shape index (κ2) is 4.35. The standard InChI is InChI=1S/C14H11BrFN3/c1-8-10(15)3-2-4-12(8)19-13-6-5-9(16)7-11(13)18-14(19)17/h2-7H,1H3,(H2,17,18). The Hall–Kier alpha value is -1.88. The maximum atomic E-state index is 13.2. The van der Waals surface area contributed by atoms with E-state index in [1.807, 2.05) is 29.7 Å². The van der Waals surface area contributed by atoms with Crippen LogP contribution < -0.4 is 5.73 Å². The Balaban J connectivity index is 2.36. The maximum absolute atomic E-state index is 13.2. The summed E-state index contributed by atoms with van der Waals surface area (Å²) in [5.41, 5.74) is 9.30. The molecule has 1 aromatic heterocycles. The molecular formula is C14H11BrFN3. The molecule has 96 valence electrons. The molecule has 0 bridgehead atoms. The van der Waals surface area contributed by atoms with Gasteiger partial charge in [-0.25, -0.2) is 9.37 Å². The topological polar surface area (TPSA) is 43.8 Å². The molecule has 0 spiro atoms. The minimum atomic E-state index is -0.317. The molecule has 0 saturated carbocycles. The van der Waals surface area contributed by atoms with Crippen molar-refractivity contribution in [1.29, 1.82) is 0 Å².